The molecular formula is C7H12N2O2. The molecule has 4 nitrogen and oxygen atoms in total. The largest absolute Gasteiger partial charge is 0.326 e. The first kappa shape index (κ1) is 8.04. The molecule has 0 spiro atoms. The molecule has 0 aromatic carbocycles. The van der Waals surface area contributed by atoms with Gasteiger partial charge in [0.25, 0.3) is 5.91 Å². The van der Waals surface area contributed by atoms with Gasteiger partial charge < -0.3 is 5.32 Å². The second-order valence-electron chi connectivity index (χ2n) is 2.66. The number of hydrogen-bond acceptors (Lipinski definition) is 2. The van der Waals surface area contributed by atoms with Gasteiger partial charge in [-0.15, -0.1) is 0 Å². The summed E-state index contributed by atoms with van der Waals surface area (Å²) in [4.78, 5) is 23.4. The van der Waals surface area contributed by atoms with E-state index in [0.29, 0.717) is 6.54 Å². The number of carbonyl (C=O) groups excluding carboxylic acids is 2. The summed E-state index contributed by atoms with van der Waals surface area (Å²) in [6.45, 7) is 4.15. The zero-order valence-electron chi connectivity index (χ0n) is 6.76. The molecule has 11 heavy (non-hydrogen) atoms. The predicted molar refractivity (Wildman–Crippen MR) is 40.0 cm³/mol. The molecule has 0 aromatic heterocycles. The molecule has 1 aliphatic heterocycles. The Morgan fingerprint density at radius 3 is 2.55 bits per heavy atom. The van der Waals surface area contributed by atoms with Gasteiger partial charge in [0.1, 0.15) is 6.04 Å². The van der Waals surface area contributed by atoms with E-state index in [9.17, 15) is 9.59 Å². The van der Waals surface area contributed by atoms with Crippen LogP contribution in [0.5, 0.6) is 0 Å². The topological polar surface area (TPSA) is 49.4 Å². The summed E-state index contributed by atoms with van der Waals surface area (Å²) in [5.41, 5.74) is 0. The average Bonchev–Trinajstić information content (AvgIpc) is 2.17. The van der Waals surface area contributed by atoms with Crippen LogP contribution < -0.4 is 5.32 Å². The van der Waals surface area contributed by atoms with Crippen molar-refractivity contribution >= 4 is 11.9 Å². The van der Waals surface area contributed by atoms with Crippen molar-refractivity contribution < 1.29 is 9.59 Å². The van der Waals surface area contributed by atoms with Crippen LogP contribution in [0, 0.1) is 0 Å². The fourth-order valence-corrected chi connectivity index (χ4v) is 1.09. The lowest BCUT2D eigenvalue weighted by molar-refractivity contribution is -0.127. The molecule has 1 rings (SSSR count). The molecule has 0 saturated carbocycles. The summed E-state index contributed by atoms with van der Waals surface area (Å²) in [5.74, 6) is -0.114. The van der Waals surface area contributed by atoms with Crippen LogP contribution in [0.3, 0.4) is 0 Å². The molecule has 1 aliphatic rings. The van der Waals surface area contributed by atoms with E-state index < -0.39 is 0 Å². The molecule has 0 aliphatic carbocycles. The van der Waals surface area contributed by atoms with E-state index >= 15 is 0 Å². The first-order valence-corrected chi connectivity index (χ1v) is 3.78. The van der Waals surface area contributed by atoms with Crippen molar-refractivity contribution in [2.24, 2.45) is 0 Å². The van der Waals surface area contributed by atoms with E-state index in [1.807, 2.05) is 6.92 Å². The highest BCUT2D eigenvalue weighted by Gasteiger charge is 2.33. The predicted octanol–water partition coefficient (Wildman–Crippen LogP) is 0.337. The number of nitrogens with one attached hydrogen (secondary N) is 1. The van der Waals surface area contributed by atoms with Gasteiger partial charge in [0, 0.05) is 6.54 Å². The third-order valence-electron chi connectivity index (χ3n) is 1.67. The molecular weight excluding hydrogens is 144 g/mol. The molecule has 1 N–H and O–H groups in total. The van der Waals surface area contributed by atoms with Gasteiger partial charge in [0.05, 0.1) is 0 Å². The van der Waals surface area contributed by atoms with Crippen molar-refractivity contribution in [1.82, 2.24) is 10.2 Å². The number of nitrogens with zero attached hydrogens (tertiary/aromatic N) is 1. The maximum atomic E-state index is 11.1. The molecule has 0 bridgehead atoms. The molecule has 1 unspecified atom stereocenters. The van der Waals surface area contributed by atoms with Gasteiger partial charge in [0.15, 0.2) is 0 Å². The van der Waals surface area contributed by atoms with E-state index in [4.69, 9.17) is 0 Å². The number of urea groups is 1. The number of imide groups is 1. The van der Waals surface area contributed by atoms with Gasteiger partial charge in [-0.05, 0) is 13.3 Å². The van der Waals surface area contributed by atoms with Gasteiger partial charge in [-0.2, -0.15) is 0 Å². The van der Waals surface area contributed by atoms with Crippen molar-refractivity contribution in [2.45, 2.75) is 26.3 Å². The summed E-state index contributed by atoms with van der Waals surface area (Å²) < 4.78 is 0. The van der Waals surface area contributed by atoms with E-state index in [-0.39, 0.29) is 18.0 Å². The lowest BCUT2D eigenvalue weighted by Gasteiger charge is -2.09. The van der Waals surface area contributed by atoms with Crippen LogP contribution in [0.1, 0.15) is 20.3 Å². The summed E-state index contributed by atoms with van der Waals surface area (Å²) in [5, 5.41) is 2.54. The Bertz CT molecular complexity index is 191. The lowest BCUT2D eigenvalue weighted by atomic mass is 10.3. The molecule has 1 atom stereocenters. The highest BCUT2D eigenvalue weighted by atomic mass is 16.2. The maximum absolute atomic E-state index is 11.1. The molecule has 1 saturated heterocycles. The fraction of sp³-hybridized carbons (Fsp3) is 0.714. The van der Waals surface area contributed by atoms with Crippen molar-refractivity contribution in [3.63, 3.8) is 0 Å². The smallest absolute Gasteiger partial charge is 0.324 e. The Kier molecular flexibility index (Phi) is 2.12. The molecule has 1 heterocycles. The quantitative estimate of drug-likeness (QED) is 0.586. The Morgan fingerprint density at radius 1 is 1.55 bits per heavy atom. The van der Waals surface area contributed by atoms with E-state index in [1.165, 1.54) is 4.90 Å². The zero-order valence-corrected chi connectivity index (χ0v) is 6.76. The fourth-order valence-electron chi connectivity index (χ4n) is 1.09. The molecule has 3 amide bonds. The summed E-state index contributed by atoms with van der Waals surface area (Å²) >= 11 is 0. The van der Waals surface area contributed by atoms with Gasteiger partial charge in [-0.25, -0.2) is 4.79 Å². The number of hydrogen-bond donors (Lipinski definition) is 1. The highest BCUT2D eigenvalue weighted by Crippen LogP contribution is 2.05. The van der Waals surface area contributed by atoms with Gasteiger partial charge >= 0.3 is 6.03 Å². The second kappa shape index (κ2) is 2.90. The molecule has 0 radical (unpaired) electrons. The standard InChI is InChI=1S/C7H12N2O2/c1-3-4-9-6(10)5(2)8-7(9)11/h5H,3-4H2,1-2H3,(H,8,11). The second-order valence-corrected chi connectivity index (χ2v) is 2.66. The average molecular weight is 156 g/mol. The Labute approximate surface area is 65.6 Å². The minimum absolute atomic E-state index is 0.114. The monoisotopic (exact) mass is 156 g/mol. The highest BCUT2D eigenvalue weighted by molar-refractivity contribution is 6.03. The lowest BCUT2D eigenvalue weighted by Crippen LogP contribution is -2.31. The SMILES string of the molecule is CCCN1C(=O)NC(C)C1=O. The van der Waals surface area contributed by atoms with Gasteiger partial charge in [-0.1, -0.05) is 6.92 Å². The minimum Gasteiger partial charge on any atom is -0.326 e. The van der Waals surface area contributed by atoms with Crippen LogP contribution in [0.25, 0.3) is 0 Å². The summed E-state index contributed by atoms with van der Waals surface area (Å²) in [6, 6.07) is -0.599. The molecule has 1 fully saturated rings. The van der Waals surface area contributed by atoms with Crippen molar-refractivity contribution in [3.05, 3.63) is 0 Å². The third kappa shape index (κ3) is 1.34. The number of rotatable bonds is 2. The third-order valence-corrected chi connectivity index (χ3v) is 1.67. The van der Waals surface area contributed by atoms with Gasteiger partial charge in [-0.3, -0.25) is 9.69 Å². The van der Waals surface area contributed by atoms with Crippen molar-refractivity contribution in [1.29, 1.82) is 0 Å². The van der Waals surface area contributed by atoms with Crippen LogP contribution in [-0.2, 0) is 4.79 Å². The first-order valence-electron chi connectivity index (χ1n) is 3.78. The molecule has 4 heteroatoms. The van der Waals surface area contributed by atoms with Gasteiger partial charge in [0.2, 0.25) is 0 Å². The first-order chi connectivity index (χ1) is 5.16. The van der Waals surface area contributed by atoms with E-state index in [2.05, 4.69) is 5.32 Å². The maximum Gasteiger partial charge on any atom is 0.324 e. The van der Waals surface area contributed by atoms with Crippen molar-refractivity contribution in [3.8, 4) is 0 Å². The zero-order chi connectivity index (χ0) is 8.43. The van der Waals surface area contributed by atoms with Crippen molar-refractivity contribution in [2.75, 3.05) is 6.54 Å². The summed E-state index contributed by atoms with van der Waals surface area (Å²) in [6.07, 6.45) is 0.811. The van der Waals surface area contributed by atoms with Crippen LogP contribution in [0.2, 0.25) is 0 Å². The number of amides is 3. The van der Waals surface area contributed by atoms with E-state index in [1.54, 1.807) is 6.92 Å². The number of carbonyl (C=O) groups is 2. The Hall–Kier alpha value is -1.06. The molecule has 62 valence electrons. The van der Waals surface area contributed by atoms with Crippen LogP contribution in [-0.4, -0.2) is 29.4 Å². The van der Waals surface area contributed by atoms with Crippen LogP contribution >= 0.6 is 0 Å². The molecule has 0 aromatic rings. The van der Waals surface area contributed by atoms with E-state index in [0.717, 1.165) is 6.42 Å². The Balaban J connectivity index is 2.64. The normalized spacial score (nSPS) is 24.2. The minimum atomic E-state index is -0.339. The summed E-state index contributed by atoms with van der Waals surface area (Å²) in [7, 11) is 0. The van der Waals surface area contributed by atoms with Crippen LogP contribution in [0.4, 0.5) is 4.79 Å². The van der Waals surface area contributed by atoms with Crippen LogP contribution in [0.15, 0.2) is 0 Å². The Morgan fingerprint density at radius 2 is 2.18 bits per heavy atom.